The lowest BCUT2D eigenvalue weighted by Gasteiger charge is -2.09. The summed E-state index contributed by atoms with van der Waals surface area (Å²) in [7, 11) is 0. The van der Waals surface area contributed by atoms with E-state index >= 15 is 0 Å². The quantitative estimate of drug-likeness (QED) is 0.745. The molecule has 0 radical (unpaired) electrons. The van der Waals surface area contributed by atoms with E-state index < -0.39 is 17.9 Å². The van der Waals surface area contributed by atoms with Crippen molar-refractivity contribution in [2.75, 3.05) is 0 Å². The van der Waals surface area contributed by atoms with Crippen LogP contribution < -0.4 is 11.5 Å². The minimum atomic E-state index is -0.985. The average molecular weight is 259 g/mol. The van der Waals surface area contributed by atoms with Gasteiger partial charge < -0.3 is 16.2 Å². The Morgan fingerprint density at radius 2 is 1.82 bits per heavy atom. The molecule has 0 saturated heterocycles. The summed E-state index contributed by atoms with van der Waals surface area (Å²) in [6.45, 7) is 0.145. The molecule has 0 bridgehead atoms. The van der Waals surface area contributed by atoms with Gasteiger partial charge in [0.15, 0.2) is 0 Å². The summed E-state index contributed by atoms with van der Waals surface area (Å²) in [6.07, 6.45) is -0.201. The van der Waals surface area contributed by atoms with Crippen molar-refractivity contribution < 1.29 is 14.3 Å². The number of benzene rings is 1. The standard InChI is InChI=1S/C11H14N2O3.ClH/c12-9(6-10(13)14)11(15)16-7-8-4-2-1-3-5-8;/h1-5,9H,6-7,12H2,(H2,13,14);1H/t9-;/m0./s1. The zero-order valence-corrected chi connectivity index (χ0v) is 9.98. The molecule has 0 aliphatic heterocycles. The summed E-state index contributed by atoms with van der Waals surface area (Å²) in [6, 6.07) is 8.21. The number of nitrogens with two attached hydrogens (primary N) is 2. The first kappa shape index (κ1) is 15.4. The number of ether oxygens (including phenoxy) is 1. The van der Waals surface area contributed by atoms with Gasteiger partial charge in [-0.05, 0) is 5.56 Å². The fourth-order valence-corrected chi connectivity index (χ4v) is 1.14. The molecule has 0 unspecified atom stereocenters. The highest BCUT2D eigenvalue weighted by atomic mass is 35.5. The van der Waals surface area contributed by atoms with Crippen molar-refractivity contribution in [3.63, 3.8) is 0 Å². The Morgan fingerprint density at radius 1 is 1.24 bits per heavy atom. The number of rotatable bonds is 5. The summed E-state index contributed by atoms with van der Waals surface area (Å²) in [5.74, 6) is -1.24. The number of hydrogen-bond donors (Lipinski definition) is 2. The number of esters is 1. The van der Waals surface area contributed by atoms with Crippen molar-refractivity contribution in [1.29, 1.82) is 0 Å². The van der Waals surface area contributed by atoms with Crippen LogP contribution in [-0.2, 0) is 20.9 Å². The van der Waals surface area contributed by atoms with Gasteiger partial charge in [-0.1, -0.05) is 30.3 Å². The second-order valence-corrected chi connectivity index (χ2v) is 3.37. The Labute approximate surface area is 106 Å². The maximum Gasteiger partial charge on any atom is 0.323 e. The van der Waals surface area contributed by atoms with Gasteiger partial charge in [-0.25, -0.2) is 0 Å². The van der Waals surface area contributed by atoms with Crippen LogP contribution in [0.1, 0.15) is 12.0 Å². The molecule has 5 nitrogen and oxygen atoms in total. The summed E-state index contributed by atoms with van der Waals surface area (Å²) in [4.78, 5) is 21.8. The maximum atomic E-state index is 11.3. The molecule has 0 aliphatic rings. The molecular weight excluding hydrogens is 244 g/mol. The Morgan fingerprint density at radius 3 is 2.35 bits per heavy atom. The summed E-state index contributed by atoms with van der Waals surface area (Å²) < 4.78 is 4.92. The maximum absolute atomic E-state index is 11.3. The van der Waals surface area contributed by atoms with E-state index in [0.717, 1.165) is 5.56 Å². The van der Waals surface area contributed by atoms with Crippen molar-refractivity contribution in [2.45, 2.75) is 19.1 Å². The van der Waals surface area contributed by atoms with Gasteiger partial charge in [0, 0.05) is 0 Å². The third-order valence-electron chi connectivity index (χ3n) is 1.95. The number of carbonyl (C=O) groups is 2. The van der Waals surface area contributed by atoms with Crippen LogP contribution in [0.4, 0.5) is 0 Å². The zero-order chi connectivity index (χ0) is 12.0. The number of halogens is 1. The van der Waals surface area contributed by atoms with Crippen molar-refractivity contribution in [2.24, 2.45) is 11.5 Å². The van der Waals surface area contributed by atoms with Crippen LogP contribution in [-0.4, -0.2) is 17.9 Å². The number of amides is 1. The highest BCUT2D eigenvalue weighted by Crippen LogP contribution is 2.02. The van der Waals surface area contributed by atoms with E-state index in [1.54, 1.807) is 0 Å². The largest absolute Gasteiger partial charge is 0.460 e. The number of carbonyl (C=O) groups excluding carboxylic acids is 2. The molecule has 1 rings (SSSR count). The summed E-state index contributed by atoms with van der Waals surface area (Å²) in [5, 5.41) is 0. The Bertz CT molecular complexity index is 370. The molecule has 17 heavy (non-hydrogen) atoms. The summed E-state index contributed by atoms with van der Waals surface area (Å²) >= 11 is 0. The number of primary amides is 1. The van der Waals surface area contributed by atoms with Gasteiger partial charge in [-0.3, -0.25) is 9.59 Å². The highest BCUT2D eigenvalue weighted by Gasteiger charge is 2.17. The van der Waals surface area contributed by atoms with Crippen molar-refractivity contribution in [3.8, 4) is 0 Å². The molecule has 94 valence electrons. The van der Waals surface area contributed by atoms with Crippen LogP contribution in [0, 0.1) is 0 Å². The fourth-order valence-electron chi connectivity index (χ4n) is 1.14. The lowest BCUT2D eigenvalue weighted by atomic mass is 10.2. The molecule has 0 aromatic heterocycles. The van der Waals surface area contributed by atoms with Gasteiger partial charge in [0.1, 0.15) is 12.6 Å². The molecule has 0 spiro atoms. The monoisotopic (exact) mass is 258 g/mol. The van der Waals surface area contributed by atoms with E-state index in [2.05, 4.69) is 0 Å². The molecule has 1 amide bonds. The molecule has 1 atom stereocenters. The third-order valence-corrected chi connectivity index (χ3v) is 1.95. The first-order valence-corrected chi connectivity index (χ1v) is 4.84. The van der Waals surface area contributed by atoms with Crippen LogP contribution in [0.3, 0.4) is 0 Å². The lowest BCUT2D eigenvalue weighted by molar-refractivity contribution is -0.147. The van der Waals surface area contributed by atoms with E-state index in [4.69, 9.17) is 16.2 Å². The van der Waals surface area contributed by atoms with E-state index in [9.17, 15) is 9.59 Å². The van der Waals surface area contributed by atoms with Gasteiger partial charge in [0.05, 0.1) is 6.42 Å². The molecule has 4 N–H and O–H groups in total. The second-order valence-electron chi connectivity index (χ2n) is 3.37. The Kier molecular flexibility index (Phi) is 6.93. The first-order chi connectivity index (χ1) is 7.59. The second kappa shape index (κ2) is 7.65. The SMILES string of the molecule is Cl.NC(=O)C[C@H](N)C(=O)OCc1ccccc1. The molecular formula is C11H15ClN2O3. The predicted molar refractivity (Wildman–Crippen MR) is 65.3 cm³/mol. The molecule has 0 fully saturated rings. The van der Waals surface area contributed by atoms with E-state index in [0.29, 0.717) is 0 Å². The Hall–Kier alpha value is -1.59. The van der Waals surface area contributed by atoms with Crippen molar-refractivity contribution in [3.05, 3.63) is 35.9 Å². The summed E-state index contributed by atoms with van der Waals surface area (Å²) in [5.41, 5.74) is 11.2. The molecule has 0 heterocycles. The fraction of sp³-hybridized carbons (Fsp3) is 0.273. The smallest absolute Gasteiger partial charge is 0.323 e. The van der Waals surface area contributed by atoms with Crippen LogP contribution in [0.25, 0.3) is 0 Å². The Balaban J connectivity index is 0.00000256. The minimum Gasteiger partial charge on any atom is -0.460 e. The van der Waals surface area contributed by atoms with Gasteiger partial charge >= 0.3 is 5.97 Å². The third kappa shape index (κ3) is 5.89. The topological polar surface area (TPSA) is 95.4 Å². The van der Waals surface area contributed by atoms with Crippen molar-refractivity contribution in [1.82, 2.24) is 0 Å². The van der Waals surface area contributed by atoms with Gasteiger partial charge in [0.25, 0.3) is 0 Å². The van der Waals surface area contributed by atoms with Crippen molar-refractivity contribution >= 4 is 24.3 Å². The van der Waals surface area contributed by atoms with Crippen LogP contribution >= 0.6 is 12.4 Å². The molecule has 1 aromatic rings. The zero-order valence-electron chi connectivity index (χ0n) is 9.17. The number of hydrogen-bond acceptors (Lipinski definition) is 4. The molecule has 6 heteroatoms. The van der Waals surface area contributed by atoms with Crippen LogP contribution in [0.15, 0.2) is 30.3 Å². The van der Waals surface area contributed by atoms with E-state index in [1.807, 2.05) is 30.3 Å². The van der Waals surface area contributed by atoms with Gasteiger partial charge in [-0.2, -0.15) is 0 Å². The molecule has 0 saturated carbocycles. The minimum absolute atomic E-state index is 0. The highest BCUT2D eigenvalue weighted by molar-refractivity contribution is 5.85. The van der Waals surface area contributed by atoms with Gasteiger partial charge in [-0.15, -0.1) is 12.4 Å². The lowest BCUT2D eigenvalue weighted by Crippen LogP contribution is -2.36. The average Bonchev–Trinajstić information content (AvgIpc) is 2.26. The molecule has 1 aromatic carbocycles. The van der Waals surface area contributed by atoms with E-state index in [1.165, 1.54) is 0 Å². The normalized spacial score (nSPS) is 11.1. The van der Waals surface area contributed by atoms with Crippen LogP contribution in [0.2, 0.25) is 0 Å². The van der Waals surface area contributed by atoms with Gasteiger partial charge in [0.2, 0.25) is 5.91 Å². The van der Waals surface area contributed by atoms with Crippen LogP contribution in [0.5, 0.6) is 0 Å². The molecule has 0 aliphatic carbocycles. The predicted octanol–water partition coefficient (Wildman–Crippen LogP) is 0.354. The van der Waals surface area contributed by atoms with E-state index in [-0.39, 0.29) is 25.4 Å². The first-order valence-electron chi connectivity index (χ1n) is 4.84.